The number of likely N-dealkylation sites (tertiary alicyclic amines) is 1. The molecular weight excluding hydrogens is 370 g/mol. The first kappa shape index (κ1) is 21.3. The standard InChI is InChI=1S/C23H31NO5/c1-14(25)20-12-19(13-24(20)22(27)29-23(2,3)4)17-7-6-16-11-18(21(26)28-5)9-8-15(16)10-17/h6-7,10,18-20H,8-9,11-13H2,1-5H3/t18-,19?,20-/m0/s1. The number of carbonyl (C=O) groups excluding carboxylic acids is 3. The number of hydrogen-bond donors (Lipinski definition) is 0. The minimum atomic E-state index is -0.599. The first-order chi connectivity index (χ1) is 13.6. The summed E-state index contributed by atoms with van der Waals surface area (Å²) in [4.78, 5) is 38.2. The van der Waals surface area contributed by atoms with Gasteiger partial charge < -0.3 is 9.47 Å². The summed E-state index contributed by atoms with van der Waals surface area (Å²) in [6.45, 7) is 7.48. The maximum Gasteiger partial charge on any atom is 0.410 e. The number of Topliss-reactive ketones (excluding diaryl/α,β-unsaturated/α-hetero) is 1. The van der Waals surface area contributed by atoms with Gasteiger partial charge in [-0.3, -0.25) is 14.5 Å². The maximum atomic E-state index is 12.6. The van der Waals surface area contributed by atoms with Crippen LogP contribution in [-0.4, -0.2) is 48.0 Å². The highest BCUT2D eigenvalue weighted by molar-refractivity contribution is 5.86. The van der Waals surface area contributed by atoms with E-state index in [1.165, 1.54) is 25.2 Å². The molecule has 0 spiro atoms. The number of nitrogens with zero attached hydrogens (tertiary/aromatic N) is 1. The molecule has 1 heterocycles. The van der Waals surface area contributed by atoms with Crippen molar-refractivity contribution < 1.29 is 23.9 Å². The zero-order valence-corrected chi connectivity index (χ0v) is 18.0. The fourth-order valence-electron chi connectivity index (χ4n) is 4.38. The first-order valence-corrected chi connectivity index (χ1v) is 10.3. The van der Waals surface area contributed by atoms with Crippen molar-refractivity contribution in [1.82, 2.24) is 4.90 Å². The number of fused-ring (bicyclic) bond motifs is 1. The SMILES string of the molecule is COC(=O)[C@H]1CCc2cc(C3C[C@@H](C(C)=O)N(C(=O)OC(C)(C)C)C3)ccc2C1. The predicted molar refractivity (Wildman–Crippen MR) is 109 cm³/mol. The van der Waals surface area contributed by atoms with E-state index < -0.39 is 17.7 Å². The Morgan fingerprint density at radius 3 is 2.48 bits per heavy atom. The molecule has 1 unspecified atom stereocenters. The Morgan fingerprint density at radius 1 is 1.14 bits per heavy atom. The van der Waals surface area contributed by atoms with Crippen LogP contribution in [-0.2, 0) is 31.9 Å². The van der Waals surface area contributed by atoms with Crippen LogP contribution in [0.15, 0.2) is 18.2 Å². The third-order valence-electron chi connectivity index (χ3n) is 5.86. The summed E-state index contributed by atoms with van der Waals surface area (Å²) >= 11 is 0. The van der Waals surface area contributed by atoms with Gasteiger partial charge in [0.2, 0.25) is 0 Å². The molecule has 158 valence electrons. The van der Waals surface area contributed by atoms with Gasteiger partial charge in [0.25, 0.3) is 0 Å². The molecule has 1 fully saturated rings. The second-order valence-corrected chi connectivity index (χ2v) is 9.18. The largest absolute Gasteiger partial charge is 0.469 e. The number of ketones is 1. The molecule has 1 aromatic carbocycles. The third kappa shape index (κ3) is 4.80. The number of aryl methyl sites for hydroxylation is 1. The van der Waals surface area contributed by atoms with Crippen molar-refractivity contribution in [3.8, 4) is 0 Å². The average Bonchev–Trinajstić information content (AvgIpc) is 3.11. The molecule has 6 nitrogen and oxygen atoms in total. The van der Waals surface area contributed by atoms with Crippen LogP contribution in [0.25, 0.3) is 0 Å². The predicted octanol–water partition coefficient (Wildman–Crippen LogP) is 3.65. The molecule has 0 radical (unpaired) electrons. The van der Waals surface area contributed by atoms with Crippen LogP contribution in [0.3, 0.4) is 0 Å². The molecule has 1 aliphatic carbocycles. The maximum absolute atomic E-state index is 12.6. The van der Waals surface area contributed by atoms with E-state index >= 15 is 0 Å². The summed E-state index contributed by atoms with van der Waals surface area (Å²) in [5.74, 6) is -0.139. The molecule has 29 heavy (non-hydrogen) atoms. The van der Waals surface area contributed by atoms with Crippen LogP contribution in [0.2, 0.25) is 0 Å². The van der Waals surface area contributed by atoms with Crippen molar-refractivity contribution in [3.63, 3.8) is 0 Å². The van der Waals surface area contributed by atoms with Gasteiger partial charge in [0.15, 0.2) is 5.78 Å². The molecule has 6 heteroatoms. The van der Waals surface area contributed by atoms with Gasteiger partial charge in [-0.1, -0.05) is 18.2 Å². The van der Waals surface area contributed by atoms with E-state index in [1.54, 1.807) is 4.90 Å². The molecular formula is C23H31NO5. The lowest BCUT2D eigenvalue weighted by molar-refractivity contribution is -0.145. The Kier molecular flexibility index (Phi) is 6.01. The molecule has 3 atom stereocenters. The van der Waals surface area contributed by atoms with Crippen LogP contribution in [0, 0.1) is 5.92 Å². The average molecular weight is 402 g/mol. The normalized spacial score (nSPS) is 24.0. The van der Waals surface area contributed by atoms with Crippen molar-refractivity contribution in [1.29, 1.82) is 0 Å². The summed E-state index contributed by atoms with van der Waals surface area (Å²) in [5.41, 5.74) is 2.97. The lowest BCUT2D eigenvalue weighted by Crippen LogP contribution is -2.42. The van der Waals surface area contributed by atoms with Gasteiger partial charge in [-0.25, -0.2) is 4.79 Å². The summed E-state index contributed by atoms with van der Waals surface area (Å²) < 4.78 is 10.4. The lowest BCUT2D eigenvalue weighted by atomic mass is 9.81. The molecule has 2 aliphatic rings. The minimum absolute atomic E-state index is 0.0164. The Labute approximate surface area is 172 Å². The third-order valence-corrected chi connectivity index (χ3v) is 5.86. The Morgan fingerprint density at radius 2 is 1.86 bits per heavy atom. The van der Waals surface area contributed by atoms with E-state index in [0.29, 0.717) is 19.4 Å². The van der Waals surface area contributed by atoms with E-state index in [-0.39, 0.29) is 23.6 Å². The highest BCUT2D eigenvalue weighted by Gasteiger charge is 2.40. The Bertz CT molecular complexity index is 810. The minimum Gasteiger partial charge on any atom is -0.469 e. The van der Waals surface area contributed by atoms with E-state index in [2.05, 4.69) is 18.2 Å². The van der Waals surface area contributed by atoms with E-state index in [0.717, 1.165) is 18.4 Å². The lowest BCUT2D eigenvalue weighted by Gasteiger charge is -2.27. The van der Waals surface area contributed by atoms with Crippen molar-refractivity contribution >= 4 is 17.8 Å². The summed E-state index contributed by atoms with van der Waals surface area (Å²) in [6, 6.07) is 5.88. The molecule has 3 rings (SSSR count). The van der Waals surface area contributed by atoms with Crippen LogP contribution >= 0.6 is 0 Å². The summed E-state index contributed by atoms with van der Waals surface area (Å²) in [6.07, 6.45) is 2.50. The smallest absolute Gasteiger partial charge is 0.410 e. The highest BCUT2D eigenvalue weighted by atomic mass is 16.6. The number of amides is 1. The van der Waals surface area contributed by atoms with Crippen LogP contribution in [0.4, 0.5) is 4.79 Å². The number of hydrogen-bond acceptors (Lipinski definition) is 5. The quantitative estimate of drug-likeness (QED) is 0.723. The van der Waals surface area contributed by atoms with Crippen molar-refractivity contribution in [2.75, 3.05) is 13.7 Å². The molecule has 1 aromatic rings. The second-order valence-electron chi connectivity index (χ2n) is 9.18. The molecule has 0 aromatic heterocycles. The van der Waals surface area contributed by atoms with Crippen molar-refractivity contribution in [2.45, 2.75) is 70.9 Å². The first-order valence-electron chi connectivity index (χ1n) is 10.3. The number of rotatable bonds is 3. The molecule has 1 aliphatic heterocycles. The van der Waals surface area contributed by atoms with E-state index in [4.69, 9.17) is 9.47 Å². The topological polar surface area (TPSA) is 72.9 Å². The van der Waals surface area contributed by atoms with Gasteiger partial charge in [-0.15, -0.1) is 0 Å². The van der Waals surface area contributed by atoms with E-state index in [1.807, 2.05) is 20.8 Å². The zero-order valence-electron chi connectivity index (χ0n) is 18.0. The highest BCUT2D eigenvalue weighted by Crippen LogP contribution is 2.36. The van der Waals surface area contributed by atoms with Crippen LogP contribution in [0.1, 0.15) is 63.1 Å². The van der Waals surface area contributed by atoms with Crippen molar-refractivity contribution in [2.24, 2.45) is 5.92 Å². The van der Waals surface area contributed by atoms with Gasteiger partial charge >= 0.3 is 12.1 Å². The monoisotopic (exact) mass is 401 g/mol. The molecule has 0 saturated carbocycles. The fraction of sp³-hybridized carbons (Fsp3) is 0.609. The molecule has 0 N–H and O–H groups in total. The van der Waals surface area contributed by atoms with Crippen LogP contribution in [0.5, 0.6) is 0 Å². The number of esters is 1. The Balaban J connectivity index is 1.77. The fourth-order valence-corrected chi connectivity index (χ4v) is 4.38. The van der Waals surface area contributed by atoms with Gasteiger partial charge in [-0.2, -0.15) is 0 Å². The van der Waals surface area contributed by atoms with Gasteiger partial charge in [0.1, 0.15) is 5.60 Å². The van der Waals surface area contributed by atoms with Crippen LogP contribution < -0.4 is 0 Å². The molecule has 1 amide bonds. The molecule has 0 bridgehead atoms. The number of carbonyl (C=O) groups is 3. The summed E-state index contributed by atoms with van der Waals surface area (Å²) in [5, 5.41) is 0. The zero-order chi connectivity index (χ0) is 21.3. The van der Waals surface area contributed by atoms with Gasteiger partial charge in [0, 0.05) is 12.5 Å². The van der Waals surface area contributed by atoms with Gasteiger partial charge in [0.05, 0.1) is 19.1 Å². The second kappa shape index (κ2) is 8.17. The van der Waals surface area contributed by atoms with Crippen molar-refractivity contribution in [3.05, 3.63) is 34.9 Å². The molecule has 1 saturated heterocycles. The Hall–Kier alpha value is -2.37. The summed E-state index contributed by atoms with van der Waals surface area (Å²) in [7, 11) is 1.43. The van der Waals surface area contributed by atoms with E-state index in [9.17, 15) is 14.4 Å². The number of benzene rings is 1. The number of methoxy groups -OCH3 is 1. The van der Waals surface area contributed by atoms with Gasteiger partial charge in [-0.05, 0) is 70.1 Å². The number of ether oxygens (including phenoxy) is 2.